The summed E-state index contributed by atoms with van der Waals surface area (Å²) in [7, 11) is 0. The number of hydrogen-bond donors (Lipinski definition) is 0. The van der Waals surface area contributed by atoms with Gasteiger partial charge >= 0.3 is 0 Å². The Labute approximate surface area is 85.1 Å². The topological polar surface area (TPSA) is 20.3 Å². The minimum atomic E-state index is 0.347. The number of rotatable bonds is 4. The maximum absolute atomic E-state index is 11.5. The van der Waals surface area contributed by atoms with Crippen LogP contribution in [0.15, 0.2) is 0 Å². The van der Waals surface area contributed by atoms with Gasteiger partial charge in [0.1, 0.15) is 0 Å². The fraction of sp³-hybridized carbons (Fsp3) is 0.900. The summed E-state index contributed by atoms with van der Waals surface area (Å²) in [6.45, 7) is 5.38. The Kier molecular flexibility index (Phi) is 4.10. The third kappa shape index (κ3) is 2.39. The standard InChI is InChI=1S/C10H19NOS/c1-4-8(2)10(13-3)11-7-5-6-9(11)12/h8,10H,4-7H2,1-3H3. The molecule has 2 atom stereocenters. The summed E-state index contributed by atoms with van der Waals surface area (Å²) in [5.74, 6) is 0.955. The highest BCUT2D eigenvalue weighted by atomic mass is 32.2. The van der Waals surface area contributed by atoms with E-state index in [1.165, 1.54) is 0 Å². The van der Waals surface area contributed by atoms with Crippen LogP contribution >= 0.6 is 11.8 Å². The normalized spacial score (nSPS) is 22.1. The number of carbonyl (C=O) groups is 1. The molecule has 1 heterocycles. The fourth-order valence-corrected chi connectivity index (χ4v) is 2.94. The van der Waals surface area contributed by atoms with E-state index in [2.05, 4.69) is 25.0 Å². The minimum Gasteiger partial charge on any atom is -0.330 e. The number of carbonyl (C=O) groups excluding carboxylic acids is 1. The van der Waals surface area contributed by atoms with Gasteiger partial charge in [0.2, 0.25) is 5.91 Å². The highest BCUT2D eigenvalue weighted by molar-refractivity contribution is 7.99. The molecule has 0 spiro atoms. The summed E-state index contributed by atoms with van der Waals surface area (Å²) < 4.78 is 0. The van der Waals surface area contributed by atoms with E-state index < -0.39 is 0 Å². The van der Waals surface area contributed by atoms with Gasteiger partial charge in [-0.15, -0.1) is 11.8 Å². The SMILES string of the molecule is CCC(C)C(SC)N1CCCC1=O. The first-order valence-corrected chi connectivity index (χ1v) is 6.31. The molecule has 0 N–H and O–H groups in total. The maximum Gasteiger partial charge on any atom is 0.223 e. The van der Waals surface area contributed by atoms with Crippen LogP contribution in [0.2, 0.25) is 0 Å². The van der Waals surface area contributed by atoms with Crippen molar-refractivity contribution in [3.8, 4) is 0 Å². The first kappa shape index (κ1) is 10.9. The zero-order chi connectivity index (χ0) is 9.84. The van der Waals surface area contributed by atoms with Gasteiger partial charge in [0.15, 0.2) is 0 Å². The molecule has 0 saturated carbocycles. The Hall–Kier alpha value is -0.180. The van der Waals surface area contributed by atoms with E-state index in [-0.39, 0.29) is 0 Å². The van der Waals surface area contributed by atoms with Gasteiger partial charge in [0.25, 0.3) is 0 Å². The summed E-state index contributed by atoms with van der Waals surface area (Å²) in [5.41, 5.74) is 0. The van der Waals surface area contributed by atoms with Crippen molar-refractivity contribution < 1.29 is 4.79 Å². The average molecular weight is 201 g/mol. The van der Waals surface area contributed by atoms with Gasteiger partial charge in [-0.1, -0.05) is 20.3 Å². The zero-order valence-corrected chi connectivity index (χ0v) is 9.56. The Morgan fingerprint density at radius 1 is 1.62 bits per heavy atom. The minimum absolute atomic E-state index is 0.347. The molecule has 3 heteroatoms. The molecule has 1 rings (SSSR count). The van der Waals surface area contributed by atoms with Crippen LogP contribution in [-0.4, -0.2) is 29.0 Å². The van der Waals surface area contributed by atoms with E-state index in [0.717, 1.165) is 25.8 Å². The largest absolute Gasteiger partial charge is 0.330 e. The highest BCUT2D eigenvalue weighted by Gasteiger charge is 2.29. The zero-order valence-electron chi connectivity index (χ0n) is 8.75. The van der Waals surface area contributed by atoms with Gasteiger partial charge in [0, 0.05) is 13.0 Å². The van der Waals surface area contributed by atoms with Crippen LogP contribution in [0, 0.1) is 5.92 Å². The molecule has 0 aromatic carbocycles. The Bertz CT molecular complexity index is 184. The van der Waals surface area contributed by atoms with Gasteiger partial charge in [-0.25, -0.2) is 0 Å². The van der Waals surface area contributed by atoms with Crippen LogP contribution in [0.1, 0.15) is 33.1 Å². The second-order valence-corrected chi connectivity index (χ2v) is 4.66. The molecule has 1 fully saturated rings. The maximum atomic E-state index is 11.5. The van der Waals surface area contributed by atoms with Crippen molar-refractivity contribution in [1.82, 2.24) is 4.90 Å². The van der Waals surface area contributed by atoms with Crippen molar-refractivity contribution in [3.63, 3.8) is 0 Å². The molecule has 0 aliphatic carbocycles. The van der Waals surface area contributed by atoms with Crippen LogP contribution in [0.3, 0.4) is 0 Å². The summed E-state index contributed by atoms with van der Waals surface area (Å²) >= 11 is 1.81. The first-order valence-electron chi connectivity index (χ1n) is 5.03. The van der Waals surface area contributed by atoms with Crippen molar-refractivity contribution in [2.24, 2.45) is 5.92 Å². The molecular weight excluding hydrogens is 182 g/mol. The molecule has 13 heavy (non-hydrogen) atoms. The van der Waals surface area contributed by atoms with Gasteiger partial charge in [-0.3, -0.25) is 4.79 Å². The third-order valence-electron chi connectivity index (χ3n) is 2.79. The summed E-state index contributed by atoms with van der Waals surface area (Å²) in [5, 5.41) is 0.403. The lowest BCUT2D eigenvalue weighted by Crippen LogP contribution is -2.37. The average Bonchev–Trinajstić information content (AvgIpc) is 2.53. The van der Waals surface area contributed by atoms with E-state index >= 15 is 0 Å². The molecule has 2 unspecified atom stereocenters. The molecule has 1 amide bonds. The van der Waals surface area contributed by atoms with Crippen LogP contribution in [0.5, 0.6) is 0 Å². The van der Waals surface area contributed by atoms with Crippen LogP contribution in [0.25, 0.3) is 0 Å². The van der Waals surface area contributed by atoms with E-state index in [4.69, 9.17) is 0 Å². The predicted octanol–water partition coefficient (Wildman–Crippen LogP) is 2.34. The van der Waals surface area contributed by atoms with Crippen molar-refractivity contribution in [2.45, 2.75) is 38.5 Å². The van der Waals surface area contributed by atoms with Gasteiger partial charge in [0.05, 0.1) is 5.37 Å². The smallest absolute Gasteiger partial charge is 0.223 e. The molecule has 2 nitrogen and oxygen atoms in total. The Morgan fingerprint density at radius 3 is 2.69 bits per heavy atom. The molecule has 0 aromatic rings. The van der Waals surface area contributed by atoms with Crippen molar-refractivity contribution in [2.75, 3.05) is 12.8 Å². The van der Waals surface area contributed by atoms with Gasteiger partial charge in [-0.05, 0) is 18.6 Å². The van der Waals surface area contributed by atoms with Crippen molar-refractivity contribution in [1.29, 1.82) is 0 Å². The van der Waals surface area contributed by atoms with Crippen molar-refractivity contribution in [3.05, 3.63) is 0 Å². The predicted molar refractivity (Wildman–Crippen MR) is 57.7 cm³/mol. The first-order chi connectivity index (χ1) is 6.20. The molecular formula is C10H19NOS. The van der Waals surface area contributed by atoms with Crippen LogP contribution in [0.4, 0.5) is 0 Å². The number of hydrogen-bond acceptors (Lipinski definition) is 2. The molecule has 1 aliphatic rings. The molecule has 0 bridgehead atoms. The molecule has 0 radical (unpaired) electrons. The number of amides is 1. The van der Waals surface area contributed by atoms with Gasteiger partial charge < -0.3 is 4.90 Å². The molecule has 1 aliphatic heterocycles. The molecule has 0 aromatic heterocycles. The van der Waals surface area contributed by atoms with Gasteiger partial charge in [-0.2, -0.15) is 0 Å². The lowest BCUT2D eigenvalue weighted by molar-refractivity contribution is -0.128. The second kappa shape index (κ2) is 4.89. The Morgan fingerprint density at radius 2 is 2.31 bits per heavy atom. The summed E-state index contributed by atoms with van der Waals surface area (Å²) in [6, 6.07) is 0. The lowest BCUT2D eigenvalue weighted by Gasteiger charge is -2.30. The van der Waals surface area contributed by atoms with E-state index in [0.29, 0.717) is 17.2 Å². The van der Waals surface area contributed by atoms with Crippen LogP contribution in [-0.2, 0) is 4.79 Å². The van der Waals surface area contributed by atoms with Crippen molar-refractivity contribution >= 4 is 17.7 Å². The molecule has 1 saturated heterocycles. The van der Waals surface area contributed by atoms with E-state index in [1.54, 1.807) is 0 Å². The Balaban J connectivity index is 2.59. The molecule has 76 valence electrons. The highest BCUT2D eigenvalue weighted by Crippen LogP contribution is 2.27. The lowest BCUT2D eigenvalue weighted by atomic mass is 10.1. The quantitative estimate of drug-likeness (QED) is 0.696. The van der Waals surface area contributed by atoms with E-state index in [9.17, 15) is 4.79 Å². The third-order valence-corrected chi connectivity index (χ3v) is 3.99. The van der Waals surface area contributed by atoms with E-state index in [1.807, 2.05) is 11.8 Å². The monoisotopic (exact) mass is 201 g/mol. The summed E-state index contributed by atoms with van der Waals surface area (Å²) in [4.78, 5) is 13.6. The van der Waals surface area contributed by atoms with Crippen LogP contribution < -0.4 is 0 Å². The number of nitrogens with zero attached hydrogens (tertiary/aromatic N) is 1. The summed E-state index contributed by atoms with van der Waals surface area (Å²) in [6.07, 6.45) is 5.05. The number of likely N-dealkylation sites (tertiary alicyclic amines) is 1. The number of thioether (sulfide) groups is 1. The second-order valence-electron chi connectivity index (χ2n) is 3.70. The fourth-order valence-electron chi connectivity index (χ4n) is 1.81.